The maximum Gasteiger partial charge on any atom is 0.419 e. The summed E-state index contributed by atoms with van der Waals surface area (Å²) >= 11 is 0. The van der Waals surface area contributed by atoms with Gasteiger partial charge in [-0.25, -0.2) is 13.8 Å². The average molecular weight is 377 g/mol. The molecule has 1 unspecified atom stereocenters. The third kappa shape index (κ3) is 4.07. The quantitative estimate of drug-likeness (QED) is 0.740. The second-order valence-corrected chi connectivity index (χ2v) is 6.84. The number of aromatic nitrogens is 1. The first-order valence-corrected chi connectivity index (χ1v) is 8.61. The van der Waals surface area contributed by atoms with Gasteiger partial charge in [0.25, 0.3) is 5.92 Å². The van der Waals surface area contributed by atoms with Crippen LogP contribution in [0.5, 0.6) is 0 Å². The van der Waals surface area contributed by atoms with Crippen LogP contribution in [0.15, 0.2) is 18.3 Å². The zero-order valence-corrected chi connectivity index (χ0v) is 14.1. The van der Waals surface area contributed by atoms with Gasteiger partial charge in [0.1, 0.15) is 5.82 Å². The number of carbonyl (C=O) groups excluding carboxylic acids is 1. The third-order valence-corrected chi connectivity index (χ3v) is 4.97. The molecule has 2 aliphatic rings. The minimum atomic E-state index is -4.53. The lowest BCUT2D eigenvalue weighted by Gasteiger charge is -2.38. The van der Waals surface area contributed by atoms with Crippen molar-refractivity contribution in [2.24, 2.45) is 5.92 Å². The molecule has 3 rings (SSSR count). The predicted octanol–water partition coefficient (Wildman–Crippen LogP) is 3.57. The number of amides is 1. The predicted molar refractivity (Wildman–Crippen MR) is 84.9 cm³/mol. The van der Waals surface area contributed by atoms with Crippen molar-refractivity contribution in [2.75, 3.05) is 31.1 Å². The molecule has 9 heteroatoms. The molecule has 0 N–H and O–H groups in total. The lowest BCUT2D eigenvalue weighted by atomic mass is 9.94. The molecule has 0 aromatic carbocycles. The monoisotopic (exact) mass is 377 g/mol. The number of rotatable bonds is 2. The number of halogens is 5. The Balaban J connectivity index is 1.71. The molecule has 0 aliphatic carbocycles. The van der Waals surface area contributed by atoms with E-state index in [1.54, 1.807) is 0 Å². The second-order valence-electron chi connectivity index (χ2n) is 6.84. The summed E-state index contributed by atoms with van der Waals surface area (Å²) < 4.78 is 66.2. The Bertz CT molecular complexity index is 654. The zero-order valence-electron chi connectivity index (χ0n) is 14.1. The van der Waals surface area contributed by atoms with Gasteiger partial charge < -0.3 is 9.80 Å². The summed E-state index contributed by atoms with van der Waals surface area (Å²) in [4.78, 5) is 19.4. The van der Waals surface area contributed by atoms with E-state index in [1.807, 2.05) is 0 Å². The molecular formula is C17H20F5N3O. The van der Waals surface area contributed by atoms with Crippen LogP contribution in [-0.4, -0.2) is 47.9 Å². The summed E-state index contributed by atoms with van der Waals surface area (Å²) in [6, 6.07) is 2.20. The summed E-state index contributed by atoms with van der Waals surface area (Å²) in [6.45, 7) is 0.465. The molecule has 2 fully saturated rings. The molecular weight excluding hydrogens is 357 g/mol. The van der Waals surface area contributed by atoms with Crippen LogP contribution in [0.4, 0.5) is 27.8 Å². The molecule has 0 bridgehead atoms. The highest BCUT2D eigenvalue weighted by Gasteiger charge is 2.40. The molecule has 1 atom stereocenters. The van der Waals surface area contributed by atoms with Crippen LogP contribution in [0.25, 0.3) is 0 Å². The van der Waals surface area contributed by atoms with Crippen molar-refractivity contribution in [3.63, 3.8) is 0 Å². The number of likely N-dealkylation sites (tertiary alicyclic amines) is 1. The number of pyridine rings is 1. The number of anilines is 1. The average Bonchev–Trinajstić information content (AvgIpc) is 2.60. The molecule has 1 aromatic rings. The molecule has 0 radical (unpaired) electrons. The normalized spacial score (nSPS) is 23.8. The topological polar surface area (TPSA) is 36.4 Å². The largest absolute Gasteiger partial charge is 0.419 e. The van der Waals surface area contributed by atoms with Gasteiger partial charge in [0, 0.05) is 45.2 Å². The van der Waals surface area contributed by atoms with Gasteiger partial charge >= 0.3 is 6.18 Å². The highest BCUT2D eigenvalue weighted by Crippen LogP contribution is 2.37. The van der Waals surface area contributed by atoms with Crippen LogP contribution >= 0.6 is 0 Å². The first-order valence-electron chi connectivity index (χ1n) is 8.61. The number of piperidine rings is 2. The third-order valence-electron chi connectivity index (χ3n) is 4.97. The van der Waals surface area contributed by atoms with Gasteiger partial charge in [0.2, 0.25) is 5.91 Å². The minimum Gasteiger partial charge on any atom is -0.355 e. The fourth-order valence-corrected chi connectivity index (χ4v) is 3.55. The maximum absolute atomic E-state index is 13.3. The van der Waals surface area contributed by atoms with Crippen LogP contribution < -0.4 is 4.90 Å². The van der Waals surface area contributed by atoms with Gasteiger partial charge in [0.15, 0.2) is 0 Å². The number of hydrogen-bond acceptors (Lipinski definition) is 3. The van der Waals surface area contributed by atoms with Crippen LogP contribution in [0, 0.1) is 5.92 Å². The van der Waals surface area contributed by atoms with Gasteiger partial charge in [0.05, 0.1) is 11.5 Å². The standard InChI is InChI=1S/C17H20F5N3O/c18-16(19)5-9-24(10-6-16)15(26)12-3-2-8-25(11-12)14-13(17(20,21)22)4-1-7-23-14/h1,4,7,12H,2-3,5-6,8-11H2. The van der Waals surface area contributed by atoms with E-state index in [2.05, 4.69) is 4.98 Å². The molecule has 1 amide bonds. The van der Waals surface area contributed by atoms with Crippen LogP contribution in [0.1, 0.15) is 31.2 Å². The van der Waals surface area contributed by atoms with Crippen molar-refractivity contribution in [3.05, 3.63) is 23.9 Å². The van der Waals surface area contributed by atoms with E-state index in [9.17, 15) is 26.7 Å². The lowest BCUT2D eigenvalue weighted by Crippen LogP contribution is -2.49. The summed E-state index contributed by atoms with van der Waals surface area (Å²) in [5.41, 5.74) is -0.828. The number of nitrogens with zero attached hydrogens (tertiary/aromatic N) is 3. The zero-order chi connectivity index (χ0) is 18.9. The van der Waals surface area contributed by atoms with Gasteiger partial charge in [-0.1, -0.05) is 0 Å². The Kier molecular flexibility index (Phi) is 5.07. The Hall–Kier alpha value is -1.93. The number of alkyl halides is 5. The van der Waals surface area contributed by atoms with E-state index in [0.29, 0.717) is 19.4 Å². The van der Waals surface area contributed by atoms with E-state index >= 15 is 0 Å². The van der Waals surface area contributed by atoms with Crippen molar-refractivity contribution < 1.29 is 26.7 Å². The van der Waals surface area contributed by atoms with Crippen molar-refractivity contribution >= 4 is 11.7 Å². The van der Waals surface area contributed by atoms with Crippen molar-refractivity contribution in [3.8, 4) is 0 Å². The minimum absolute atomic E-state index is 0.0142. The van der Waals surface area contributed by atoms with Crippen molar-refractivity contribution in [1.29, 1.82) is 0 Å². The summed E-state index contributed by atoms with van der Waals surface area (Å²) in [6.07, 6.45) is -2.88. The molecule has 0 spiro atoms. The first-order chi connectivity index (χ1) is 12.2. The summed E-state index contributed by atoms with van der Waals surface area (Å²) in [5.74, 6) is -3.68. The second kappa shape index (κ2) is 7.00. The first kappa shape index (κ1) is 18.8. The van der Waals surface area contributed by atoms with Crippen LogP contribution in [0.2, 0.25) is 0 Å². The van der Waals surface area contributed by atoms with E-state index < -0.39 is 23.6 Å². The molecule has 26 heavy (non-hydrogen) atoms. The van der Waals surface area contributed by atoms with Crippen molar-refractivity contribution in [2.45, 2.75) is 37.8 Å². The van der Waals surface area contributed by atoms with E-state index in [1.165, 1.54) is 22.1 Å². The van der Waals surface area contributed by atoms with E-state index in [0.717, 1.165) is 6.07 Å². The van der Waals surface area contributed by atoms with E-state index in [-0.39, 0.29) is 44.2 Å². The Labute approximate surface area is 148 Å². The molecule has 0 saturated carbocycles. The molecule has 3 heterocycles. The number of hydrogen-bond donors (Lipinski definition) is 0. The fraction of sp³-hybridized carbons (Fsp3) is 0.647. The van der Waals surface area contributed by atoms with Crippen LogP contribution in [-0.2, 0) is 11.0 Å². The SMILES string of the molecule is O=C(C1CCCN(c2ncccc2C(F)(F)F)C1)N1CCC(F)(F)CC1. The molecule has 4 nitrogen and oxygen atoms in total. The van der Waals surface area contributed by atoms with Gasteiger partial charge in [-0.15, -0.1) is 0 Å². The van der Waals surface area contributed by atoms with Gasteiger partial charge in [-0.2, -0.15) is 13.2 Å². The Morgan fingerprint density at radius 1 is 1.19 bits per heavy atom. The van der Waals surface area contributed by atoms with Crippen molar-refractivity contribution in [1.82, 2.24) is 9.88 Å². The van der Waals surface area contributed by atoms with Crippen LogP contribution in [0.3, 0.4) is 0 Å². The molecule has 2 saturated heterocycles. The number of carbonyl (C=O) groups is 1. The molecule has 144 valence electrons. The fourth-order valence-electron chi connectivity index (χ4n) is 3.55. The lowest BCUT2D eigenvalue weighted by molar-refractivity contribution is -0.141. The van der Waals surface area contributed by atoms with Gasteiger partial charge in [-0.05, 0) is 25.0 Å². The summed E-state index contributed by atoms with van der Waals surface area (Å²) in [5, 5.41) is 0. The highest BCUT2D eigenvalue weighted by molar-refractivity contribution is 5.80. The maximum atomic E-state index is 13.3. The Morgan fingerprint density at radius 2 is 1.88 bits per heavy atom. The molecule has 1 aromatic heterocycles. The summed E-state index contributed by atoms with van der Waals surface area (Å²) in [7, 11) is 0. The smallest absolute Gasteiger partial charge is 0.355 e. The van der Waals surface area contributed by atoms with E-state index in [4.69, 9.17) is 0 Å². The van der Waals surface area contributed by atoms with Gasteiger partial charge in [-0.3, -0.25) is 4.79 Å². The Morgan fingerprint density at radius 3 is 2.54 bits per heavy atom. The molecule has 2 aliphatic heterocycles. The highest BCUT2D eigenvalue weighted by atomic mass is 19.4.